The Morgan fingerprint density at radius 2 is 1.94 bits per heavy atom. The number of benzene rings is 1. The Kier molecular flexibility index (Phi) is 3.80. The Morgan fingerprint density at radius 1 is 1.38 bits per heavy atom. The molecule has 0 unspecified atom stereocenters. The first-order valence-corrected chi connectivity index (χ1v) is 6.17. The molecule has 1 rings (SSSR count). The number of ether oxygens (including phenoxy) is 1. The molecule has 0 radical (unpaired) electrons. The van der Waals surface area contributed by atoms with Crippen molar-refractivity contribution in [3.05, 3.63) is 27.7 Å². The van der Waals surface area contributed by atoms with Gasteiger partial charge in [-0.3, -0.25) is 0 Å². The maximum absolute atomic E-state index is 11.2. The van der Waals surface area contributed by atoms with Gasteiger partial charge >= 0.3 is 5.97 Å². The first-order valence-electron chi connectivity index (χ1n) is 3.87. The molecule has 0 saturated carbocycles. The van der Waals surface area contributed by atoms with Gasteiger partial charge in [-0.15, -0.1) is 0 Å². The smallest absolute Gasteiger partial charge is 0.337 e. The summed E-state index contributed by atoms with van der Waals surface area (Å²) in [6, 6.07) is 2.21. The van der Waals surface area contributed by atoms with Gasteiger partial charge in [0.15, 0.2) is 0 Å². The third-order valence-electron chi connectivity index (χ3n) is 1.72. The molecule has 0 aromatic heterocycles. The average molecular weight is 284 g/mol. The molecule has 0 aliphatic heterocycles. The molecule has 16 heavy (non-hydrogen) atoms. The lowest BCUT2D eigenvalue weighted by molar-refractivity contribution is 0.0600. The first-order chi connectivity index (χ1) is 7.27. The van der Waals surface area contributed by atoms with Gasteiger partial charge in [-0.25, -0.2) is 18.4 Å². The molecule has 0 bridgehead atoms. The second kappa shape index (κ2) is 4.58. The van der Waals surface area contributed by atoms with Gasteiger partial charge in [0.1, 0.15) is 4.90 Å². The summed E-state index contributed by atoms with van der Waals surface area (Å²) in [5, 5.41) is 4.60. The summed E-state index contributed by atoms with van der Waals surface area (Å²) in [6.07, 6.45) is 0. The molecule has 1 aromatic carbocycles. The highest BCUT2D eigenvalue weighted by Gasteiger charge is 2.19. The first kappa shape index (κ1) is 13.2. The van der Waals surface area contributed by atoms with E-state index < -0.39 is 20.9 Å². The predicted molar refractivity (Wildman–Crippen MR) is 59.2 cm³/mol. The third kappa shape index (κ3) is 2.65. The second-order valence-electron chi connectivity index (χ2n) is 2.81. The largest absolute Gasteiger partial charge is 0.465 e. The van der Waals surface area contributed by atoms with Gasteiger partial charge < -0.3 is 4.74 Å². The number of hydrogen-bond donors (Lipinski definition) is 1. The van der Waals surface area contributed by atoms with Gasteiger partial charge in [-0.1, -0.05) is 23.2 Å². The van der Waals surface area contributed by atoms with Crippen molar-refractivity contribution < 1.29 is 17.9 Å². The predicted octanol–water partition coefficient (Wildman–Crippen LogP) is 1.43. The maximum atomic E-state index is 11.2. The zero-order valence-corrected chi connectivity index (χ0v) is 10.4. The van der Waals surface area contributed by atoms with Crippen molar-refractivity contribution in [2.75, 3.05) is 7.11 Å². The van der Waals surface area contributed by atoms with Crippen LogP contribution in [0.3, 0.4) is 0 Å². The van der Waals surface area contributed by atoms with Gasteiger partial charge in [-0.2, -0.15) is 0 Å². The molecular weight excluding hydrogens is 277 g/mol. The lowest BCUT2D eigenvalue weighted by Crippen LogP contribution is -2.14. The van der Waals surface area contributed by atoms with E-state index >= 15 is 0 Å². The van der Waals surface area contributed by atoms with Crippen LogP contribution in [-0.2, 0) is 14.8 Å². The molecule has 0 aliphatic rings. The van der Waals surface area contributed by atoms with E-state index in [0.717, 1.165) is 13.2 Å². The zero-order valence-electron chi connectivity index (χ0n) is 8.03. The highest BCUT2D eigenvalue weighted by atomic mass is 35.5. The van der Waals surface area contributed by atoms with Crippen LogP contribution in [0.5, 0.6) is 0 Å². The standard InChI is InChI=1S/C8H7Cl2NO4S/c1-15-8(12)4-2-5(9)7(10)6(3-4)16(11,13)14/h2-3H,1H3,(H2,11,13,14). The van der Waals surface area contributed by atoms with E-state index in [1.807, 2.05) is 0 Å². The highest BCUT2D eigenvalue weighted by Crippen LogP contribution is 2.30. The summed E-state index contributed by atoms with van der Waals surface area (Å²) in [6.45, 7) is 0. The molecule has 88 valence electrons. The van der Waals surface area contributed by atoms with Gasteiger partial charge in [0, 0.05) is 0 Å². The summed E-state index contributed by atoms with van der Waals surface area (Å²) in [5.74, 6) is -0.733. The van der Waals surface area contributed by atoms with Crippen molar-refractivity contribution in [3.8, 4) is 0 Å². The van der Waals surface area contributed by atoms with Gasteiger partial charge in [0.2, 0.25) is 10.0 Å². The van der Waals surface area contributed by atoms with Gasteiger partial charge in [-0.05, 0) is 12.1 Å². The van der Waals surface area contributed by atoms with Crippen LogP contribution in [0, 0.1) is 0 Å². The minimum atomic E-state index is -4.04. The normalized spacial score (nSPS) is 11.2. The molecule has 0 amide bonds. The molecule has 1 aromatic rings. The van der Waals surface area contributed by atoms with Gasteiger partial charge in [0.05, 0.1) is 22.7 Å². The van der Waals surface area contributed by atoms with Crippen LogP contribution in [0.25, 0.3) is 0 Å². The van der Waals surface area contributed by atoms with Crippen molar-refractivity contribution in [2.24, 2.45) is 5.14 Å². The van der Waals surface area contributed by atoms with Crippen LogP contribution in [0.1, 0.15) is 10.4 Å². The van der Waals surface area contributed by atoms with E-state index in [2.05, 4.69) is 4.74 Å². The lowest BCUT2D eigenvalue weighted by Gasteiger charge is -2.06. The molecule has 0 spiro atoms. The number of carbonyl (C=O) groups excluding carboxylic acids is 1. The number of hydrogen-bond acceptors (Lipinski definition) is 4. The number of rotatable bonds is 2. The van der Waals surface area contributed by atoms with Crippen LogP contribution in [0.4, 0.5) is 0 Å². The zero-order chi connectivity index (χ0) is 12.5. The molecule has 5 nitrogen and oxygen atoms in total. The Balaban J connectivity index is 3.52. The topological polar surface area (TPSA) is 86.5 Å². The van der Waals surface area contributed by atoms with Crippen molar-refractivity contribution in [1.29, 1.82) is 0 Å². The SMILES string of the molecule is COC(=O)c1cc(Cl)c(Cl)c(S(N)(=O)=O)c1. The Bertz CT molecular complexity index is 541. The molecule has 8 heteroatoms. The van der Waals surface area contributed by atoms with E-state index in [9.17, 15) is 13.2 Å². The molecular formula is C8H7Cl2NO4S. The van der Waals surface area contributed by atoms with Crippen LogP contribution in [0.15, 0.2) is 17.0 Å². The number of carbonyl (C=O) groups is 1. The third-order valence-corrected chi connectivity index (χ3v) is 3.57. The fraction of sp³-hybridized carbons (Fsp3) is 0.125. The Morgan fingerprint density at radius 3 is 2.38 bits per heavy atom. The number of primary sulfonamides is 1. The second-order valence-corrected chi connectivity index (χ2v) is 5.12. The van der Waals surface area contributed by atoms with Crippen LogP contribution in [-0.4, -0.2) is 21.5 Å². The highest BCUT2D eigenvalue weighted by molar-refractivity contribution is 7.89. The van der Waals surface area contributed by atoms with Crippen LogP contribution >= 0.6 is 23.2 Å². The minimum absolute atomic E-state index is 0.0408. The van der Waals surface area contributed by atoms with E-state index in [4.69, 9.17) is 28.3 Å². The quantitative estimate of drug-likeness (QED) is 0.832. The summed E-state index contributed by atoms with van der Waals surface area (Å²) in [7, 11) is -2.89. The van der Waals surface area contributed by atoms with Crippen molar-refractivity contribution in [2.45, 2.75) is 4.90 Å². The fourth-order valence-electron chi connectivity index (χ4n) is 1.01. The number of esters is 1. The van der Waals surface area contributed by atoms with Crippen LogP contribution < -0.4 is 5.14 Å². The molecule has 0 fully saturated rings. The lowest BCUT2D eigenvalue weighted by atomic mass is 10.2. The fourth-order valence-corrected chi connectivity index (χ4v) is 2.36. The van der Waals surface area contributed by atoms with Crippen LogP contribution in [0.2, 0.25) is 10.0 Å². The maximum Gasteiger partial charge on any atom is 0.337 e. The Hall–Kier alpha value is -0.820. The summed E-state index contributed by atoms with van der Waals surface area (Å²) in [5.41, 5.74) is -0.0408. The molecule has 0 heterocycles. The molecule has 0 saturated heterocycles. The summed E-state index contributed by atoms with van der Waals surface area (Å²) >= 11 is 11.3. The number of sulfonamides is 1. The summed E-state index contributed by atoms with van der Waals surface area (Å²) < 4.78 is 26.7. The number of nitrogens with two attached hydrogens (primary N) is 1. The Labute approximate surface area is 102 Å². The average Bonchev–Trinajstić information content (AvgIpc) is 2.18. The van der Waals surface area contributed by atoms with Crippen molar-refractivity contribution in [1.82, 2.24) is 0 Å². The van der Waals surface area contributed by atoms with E-state index in [-0.39, 0.29) is 15.6 Å². The minimum Gasteiger partial charge on any atom is -0.465 e. The van der Waals surface area contributed by atoms with Crippen molar-refractivity contribution in [3.63, 3.8) is 0 Å². The van der Waals surface area contributed by atoms with E-state index in [1.165, 1.54) is 6.07 Å². The monoisotopic (exact) mass is 283 g/mol. The molecule has 0 atom stereocenters. The van der Waals surface area contributed by atoms with E-state index in [1.54, 1.807) is 0 Å². The number of methoxy groups -OCH3 is 1. The van der Waals surface area contributed by atoms with Gasteiger partial charge in [0.25, 0.3) is 0 Å². The van der Waals surface area contributed by atoms with Crippen molar-refractivity contribution >= 4 is 39.2 Å². The van der Waals surface area contributed by atoms with E-state index in [0.29, 0.717) is 0 Å². The number of halogens is 2. The molecule has 0 aliphatic carbocycles. The molecule has 2 N–H and O–H groups in total. The summed E-state index contributed by atoms with van der Waals surface area (Å²) in [4.78, 5) is 10.8.